The predicted octanol–water partition coefficient (Wildman–Crippen LogP) is 1.98. The molecule has 0 saturated heterocycles. The minimum atomic E-state index is -0.405. The smallest absolute Gasteiger partial charge is 0.271 e. The van der Waals surface area contributed by atoms with Crippen LogP contribution in [0.5, 0.6) is 0 Å². The van der Waals surface area contributed by atoms with E-state index in [2.05, 4.69) is 5.10 Å². The van der Waals surface area contributed by atoms with Gasteiger partial charge in [-0.15, -0.1) is 0 Å². The van der Waals surface area contributed by atoms with Crippen molar-refractivity contribution in [3.63, 3.8) is 0 Å². The van der Waals surface area contributed by atoms with Gasteiger partial charge in [-0.25, -0.2) is 4.68 Å². The van der Waals surface area contributed by atoms with E-state index >= 15 is 0 Å². The lowest BCUT2D eigenvalue weighted by Crippen LogP contribution is -2.02. The Morgan fingerprint density at radius 3 is 2.95 bits per heavy atom. The Balaban J connectivity index is 2.34. The maximum Gasteiger partial charge on any atom is 0.271 e. The van der Waals surface area contributed by atoms with Gasteiger partial charge in [0.2, 0.25) is 0 Å². The van der Waals surface area contributed by atoms with E-state index in [0.717, 1.165) is 24.1 Å². The highest BCUT2D eigenvalue weighted by molar-refractivity contribution is 5.44. The summed E-state index contributed by atoms with van der Waals surface area (Å²) in [6, 6.07) is 6.46. The molecular formula is C13H16N4O2. The minimum Gasteiger partial charge on any atom is -0.330 e. The molecule has 0 amide bonds. The predicted molar refractivity (Wildman–Crippen MR) is 72.3 cm³/mol. The Morgan fingerprint density at radius 2 is 2.26 bits per heavy atom. The van der Waals surface area contributed by atoms with Crippen molar-refractivity contribution in [3.8, 4) is 5.69 Å². The quantitative estimate of drug-likeness (QED) is 0.657. The number of non-ortho nitro benzene ring substituents is 1. The molecule has 100 valence electrons. The van der Waals surface area contributed by atoms with Gasteiger partial charge in [0.1, 0.15) is 0 Å². The third-order valence-corrected chi connectivity index (χ3v) is 3.05. The molecule has 0 atom stereocenters. The summed E-state index contributed by atoms with van der Waals surface area (Å²) < 4.78 is 1.72. The summed E-state index contributed by atoms with van der Waals surface area (Å²) in [4.78, 5) is 10.4. The topological polar surface area (TPSA) is 87.0 Å². The van der Waals surface area contributed by atoms with Gasteiger partial charge in [0, 0.05) is 17.8 Å². The zero-order chi connectivity index (χ0) is 13.8. The number of nitrogens with two attached hydrogens (primary N) is 1. The normalized spacial score (nSPS) is 10.6. The van der Waals surface area contributed by atoms with Crippen molar-refractivity contribution in [1.82, 2.24) is 9.78 Å². The number of rotatable bonds is 5. The number of hydrogen-bond donors (Lipinski definition) is 1. The first-order valence-electron chi connectivity index (χ1n) is 6.12. The molecule has 0 unspecified atom stereocenters. The molecule has 1 aromatic heterocycles. The molecule has 0 aliphatic carbocycles. The summed E-state index contributed by atoms with van der Waals surface area (Å²) in [5, 5.41) is 15.1. The number of hydrogen-bond acceptors (Lipinski definition) is 4. The molecule has 0 aliphatic rings. The molecule has 2 rings (SSSR count). The number of nitrogens with zero attached hydrogens (tertiary/aromatic N) is 3. The maximum absolute atomic E-state index is 10.8. The Bertz CT molecular complexity index is 592. The van der Waals surface area contributed by atoms with Crippen molar-refractivity contribution in [1.29, 1.82) is 0 Å². The van der Waals surface area contributed by atoms with Crippen LogP contribution in [-0.2, 0) is 6.42 Å². The van der Waals surface area contributed by atoms with E-state index < -0.39 is 4.92 Å². The largest absolute Gasteiger partial charge is 0.330 e. The molecule has 0 bridgehead atoms. The second-order valence-electron chi connectivity index (χ2n) is 4.34. The molecule has 1 aromatic carbocycles. The monoisotopic (exact) mass is 260 g/mol. The first-order chi connectivity index (χ1) is 9.13. The molecule has 6 heteroatoms. The molecule has 0 fully saturated rings. The van der Waals surface area contributed by atoms with Gasteiger partial charge in [0.25, 0.3) is 5.69 Å². The van der Waals surface area contributed by atoms with Gasteiger partial charge in [-0.1, -0.05) is 6.07 Å². The van der Waals surface area contributed by atoms with Crippen LogP contribution in [0.4, 0.5) is 5.69 Å². The van der Waals surface area contributed by atoms with E-state index in [-0.39, 0.29) is 5.69 Å². The van der Waals surface area contributed by atoms with E-state index in [1.165, 1.54) is 12.1 Å². The van der Waals surface area contributed by atoms with Gasteiger partial charge in [-0.3, -0.25) is 10.1 Å². The van der Waals surface area contributed by atoms with Gasteiger partial charge in [-0.05, 0) is 37.9 Å². The molecule has 19 heavy (non-hydrogen) atoms. The average Bonchev–Trinajstić information content (AvgIpc) is 2.78. The SMILES string of the molecule is Cc1c(CCCN)cnn1-c1cccc([N+](=O)[O-])c1. The van der Waals surface area contributed by atoms with Gasteiger partial charge in [0.15, 0.2) is 0 Å². The Labute approximate surface area is 111 Å². The van der Waals surface area contributed by atoms with Crippen LogP contribution in [0.2, 0.25) is 0 Å². The molecule has 0 saturated carbocycles. The van der Waals surface area contributed by atoms with E-state index in [9.17, 15) is 10.1 Å². The zero-order valence-corrected chi connectivity index (χ0v) is 10.7. The summed E-state index contributed by atoms with van der Waals surface area (Å²) in [5.74, 6) is 0. The number of aromatic nitrogens is 2. The summed E-state index contributed by atoms with van der Waals surface area (Å²) >= 11 is 0. The first-order valence-corrected chi connectivity index (χ1v) is 6.12. The second-order valence-corrected chi connectivity index (χ2v) is 4.34. The third-order valence-electron chi connectivity index (χ3n) is 3.05. The van der Waals surface area contributed by atoms with Crippen LogP contribution in [-0.4, -0.2) is 21.2 Å². The molecule has 0 radical (unpaired) electrons. The van der Waals surface area contributed by atoms with Crippen LogP contribution >= 0.6 is 0 Å². The van der Waals surface area contributed by atoms with Crippen molar-refractivity contribution in [2.24, 2.45) is 5.73 Å². The fourth-order valence-electron chi connectivity index (χ4n) is 1.98. The highest BCUT2D eigenvalue weighted by Crippen LogP contribution is 2.19. The Morgan fingerprint density at radius 1 is 1.47 bits per heavy atom. The van der Waals surface area contributed by atoms with E-state index in [0.29, 0.717) is 12.2 Å². The van der Waals surface area contributed by atoms with Crippen molar-refractivity contribution in [2.45, 2.75) is 19.8 Å². The lowest BCUT2D eigenvalue weighted by molar-refractivity contribution is -0.384. The Kier molecular flexibility index (Phi) is 3.91. The molecular weight excluding hydrogens is 244 g/mol. The summed E-state index contributed by atoms with van der Waals surface area (Å²) in [7, 11) is 0. The van der Waals surface area contributed by atoms with Crippen LogP contribution in [0.25, 0.3) is 5.69 Å². The number of aryl methyl sites for hydroxylation is 1. The van der Waals surface area contributed by atoms with E-state index in [4.69, 9.17) is 5.73 Å². The van der Waals surface area contributed by atoms with Crippen LogP contribution < -0.4 is 5.73 Å². The average molecular weight is 260 g/mol. The molecule has 2 N–H and O–H groups in total. The first kappa shape index (κ1) is 13.2. The Hall–Kier alpha value is -2.21. The van der Waals surface area contributed by atoms with Gasteiger partial charge in [-0.2, -0.15) is 5.10 Å². The van der Waals surface area contributed by atoms with Crippen LogP contribution in [0, 0.1) is 17.0 Å². The molecule has 6 nitrogen and oxygen atoms in total. The van der Waals surface area contributed by atoms with Gasteiger partial charge >= 0.3 is 0 Å². The van der Waals surface area contributed by atoms with Crippen molar-refractivity contribution in [2.75, 3.05) is 6.54 Å². The van der Waals surface area contributed by atoms with E-state index in [1.54, 1.807) is 23.0 Å². The second kappa shape index (κ2) is 5.62. The summed E-state index contributed by atoms with van der Waals surface area (Å²) in [6.07, 6.45) is 3.57. The number of nitro groups is 1. The molecule has 2 aromatic rings. The highest BCUT2D eigenvalue weighted by Gasteiger charge is 2.11. The lowest BCUT2D eigenvalue weighted by Gasteiger charge is -2.05. The zero-order valence-electron chi connectivity index (χ0n) is 10.7. The summed E-state index contributed by atoms with van der Waals surface area (Å²) in [6.45, 7) is 2.60. The van der Waals surface area contributed by atoms with Crippen molar-refractivity contribution in [3.05, 3.63) is 51.8 Å². The van der Waals surface area contributed by atoms with Crippen LogP contribution in [0.15, 0.2) is 30.5 Å². The molecule has 0 spiro atoms. The van der Waals surface area contributed by atoms with Gasteiger partial charge in [0.05, 0.1) is 16.8 Å². The van der Waals surface area contributed by atoms with Crippen molar-refractivity contribution >= 4 is 5.69 Å². The molecule has 1 heterocycles. The summed E-state index contributed by atoms with van der Waals surface area (Å²) in [5.41, 5.74) is 8.38. The van der Waals surface area contributed by atoms with Gasteiger partial charge < -0.3 is 5.73 Å². The standard InChI is InChI=1S/C13H16N4O2/c1-10-11(4-3-7-14)9-15-16(10)12-5-2-6-13(8-12)17(18)19/h2,5-6,8-9H,3-4,7,14H2,1H3. The lowest BCUT2D eigenvalue weighted by atomic mass is 10.1. The van der Waals surface area contributed by atoms with Crippen LogP contribution in [0.1, 0.15) is 17.7 Å². The number of nitro benzene ring substituents is 1. The number of benzene rings is 1. The van der Waals surface area contributed by atoms with E-state index in [1.807, 2.05) is 6.92 Å². The van der Waals surface area contributed by atoms with Crippen LogP contribution in [0.3, 0.4) is 0 Å². The highest BCUT2D eigenvalue weighted by atomic mass is 16.6. The third kappa shape index (κ3) is 2.79. The fraction of sp³-hybridized carbons (Fsp3) is 0.308. The molecule has 0 aliphatic heterocycles. The van der Waals surface area contributed by atoms with Crippen molar-refractivity contribution < 1.29 is 4.92 Å². The minimum absolute atomic E-state index is 0.0657. The maximum atomic E-state index is 10.8. The fourth-order valence-corrected chi connectivity index (χ4v) is 1.98.